The molecule has 2 rings (SSSR count). The molecule has 0 heterocycles. The number of carbonyl (C=O) groups is 1. The maximum absolute atomic E-state index is 11.9. The molecule has 0 bridgehead atoms. The Morgan fingerprint density at radius 1 is 1.09 bits per heavy atom. The van der Waals surface area contributed by atoms with Crippen molar-refractivity contribution in [3.05, 3.63) is 71.3 Å². The van der Waals surface area contributed by atoms with Crippen molar-refractivity contribution in [1.82, 2.24) is 5.32 Å². The van der Waals surface area contributed by atoms with Gasteiger partial charge in [-0.2, -0.15) is 0 Å². The summed E-state index contributed by atoms with van der Waals surface area (Å²) in [6, 6.07) is 18.0. The monoisotopic (exact) mass is 319 g/mol. The van der Waals surface area contributed by atoms with E-state index in [0.717, 1.165) is 5.56 Å². The summed E-state index contributed by atoms with van der Waals surface area (Å²) < 4.78 is 5.09. The Labute approximate surface area is 138 Å². The fourth-order valence-electron chi connectivity index (χ4n) is 2.21. The van der Waals surface area contributed by atoms with Crippen LogP contribution in [-0.4, -0.2) is 12.6 Å². The Morgan fingerprint density at radius 3 is 2.41 bits per heavy atom. The number of hydrogen-bond donors (Lipinski definition) is 1. The van der Waals surface area contributed by atoms with Crippen molar-refractivity contribution in [3.63, 3.8) is 0 Å². The first-order valence-electron chi connectivity index (χ1n) is 7.25. The van der Waals surface area contributed by atoms with E-state index in [1.54, 1.807) is 0 Å². The van der Waals surface area contributed by atoms with Gasteiger partial charge in [-0.05, 0) is 31.0 Å². The van der Waals surface area contributed by atoms with Crippen LogP contribution < -0.4 is 5.32 Å². The van der Waals surface area contributed by atoms with Crippen molar-refractivity contribution in [2.45, 2.75) is 26.4 Å². The minimum absolute atomic E-state index is 0. The number of esters is 1. The number of carbonyl (C=O) groups excluding carboxylic acids is 1. The van der Waals surface area contributed by atoms with Gasteiger partial charge in [0.05, 0.1) is 12.2 Å². The molecular weight excluding hydrogens is 298 g/mol. The van der Waals surface area contributed by atoms with Crippen LogP contribution in [0.25, 0.3) is 0 Å². The summed E-state index contributed by atoms with van der Waals surface area (Å²) in [5, 5.41) is 3.44. The molecule has 3 nitrogen and oxygen atoms in total. The lowest BCUT2D eigenvalue weighted by Gasteiger charge is -2.15. The topological polar surface area (TPSA) is 38.3 Å². The van der Waals surface area contributed by atoms with Crippen molar-refractivity contribution in [3.8, 4) is 0 Å². The zero-order chi connectivity index (χ0) is 15.1. The van der Waals surface area contributed by atoms with Gasteiger partial charge in [0, 0.05) is 12.6 Å². The van der Waals surface area contributed by atoms with E-state index in [-0.39, 0.29) is 24.4 Å². The van der Waals surface area contributed by atoms with Crippen LogP contribution in [0.3, 0.4) is 0 Å². The normalized spacial score (nSPS) is 11.4. The van der Waals surface area contributed by atoms with Gasteiger partial charge in [-0.3, -0.25) is 0 Å². The highest BCUT2D eigenvalue weighted by Gasteiger charge is 2.12. The molecule has 4 heteroatoms. The molecule has 2 aromatic rings. The molecule has 22 heavy (non-hydrogen) atoms. The first-order chi connectivity index (χ1) is 10.2. The van der Waals surface area contributed by atoms with Crippen LogP contribution in [0.5, 0.6) is 0 Å². The van der Waals surface area contributed by atoms with E-state index in [2.05, 4.69) is 24.4 Å². The highest BCUT2D eigenvalue weighted by Crippen LogP contribution is 2.15. The summed E-state index contributed by atoms with van der Waals surface area (Å²) >= 11 is 0. The van der Waals surface area contributed by atoms with E-state index >= 15 is 0 Å². The largest absolute Gasteiger partial charge is 0.462 e. The standard InChI is InChI=1S/C18H21NO2.ClH/c1-3-21-18(20)17-12-8-7-11-16(17)13-19-14(2)15-9-5-4-6-10-15;/h4-12,14,19H,3,13H2,1-2H3;1H/t14-;/m0./s1. The van der Waals surface area contributed by atoms with Gasteiger partial charge in [-0.1, -0.05) is 48.5 Å². The summed E-state index contributed by atoms with van der Waals surface area (Å²) in [5.41, 5.74) is 2.82. The number of ether oxygens (including phenoxy) is 1. The van der Waals surface area contributed by atoms with Crippen LogP contribution in [0.4, 0.5) is 0 Å². The predicted octanol–water partition coefficient (Wildman–Crippen LogP) is 4.14. The highest BCUT2D eigenvalue weighted by atomic mass is 35.5. The van der Waals surface area contributed by atoms with Gasteiger partial charge >= 0.3 is 5.97 Å². The molecule has 0 aliphatic rings. The van der Waals surface area contributed by atoms with E-state index < -0.39 is 0 Å². The van der Waals surface area contributed by atoms with Gasteiger partial charge in [-0.15, -0.1) is 12.4 Å². The Kier molecular flexibility index (Phi) is 7.64. The van der Waals surface area contributed by atoms with Gasteiger partial charge < -0.3 is 10.1 Å². The lowest BCUT2D eigenvalue weighted by Crippen LogP contribution is -2.20. The minimum Gasteiger partial charge on any atom is -0.462 e. The van der Waals surface area contributed by atoms with Crippen molar-refractivity contribution in [2.24, 2.45) is 0 Å². The molecule has 2 aromatic carbocycles. The van der Waals surface area contributed by atoms with Crippen LogP contribution >= 0.6 is 12.4 Å². The van der Waals surface area contributed by atoms with Crippen molar-refractivity contribution in [2.75, 3.05) is 6.61 Å². The van der Waals surface area contributed by atoms with Gasteiger partial charge in [0.2, 0.25) is 0 Å². The Balaban J connectivity index is 0.00000242. The third-order valence-corrected chi connectivity index (χ3v) is 3.41. The number of benzene rings is 2. The van der Waals surface area contributed by atoms with Crippen LogP contribution in [0, 0.1) is 0 Å². The number of halogens is 1. The fraction of sp³-hybridized carbons (Fsp3) is 0.278. The molecule has 0 saturated carbocycles. The second-order valence-corrected chi connectivity index (χ2v) is 4.89. The summed E-state index contributed by atoms with van der Waals surface area (Å²) in [6.07, 6.45) is 0. The number of nitrogens with one attached hydrogen (secondary N) is 1. The van der Waals surface area contributed by atoms with E-state index in [1.165, 1.54) is 5.56 Å². The van der Waals surface area contributed by atoms with E-state index in [1.807, 2.05) is 49.4 Å². The third kappa shape index (κ3) is 4.86. The lowest BCUT2D eigenvalue weighted by molar-refractivity contribution is 0.0525. The third-order valence-electron chi connectivity index (χ3n) is 3.41. The Hall–Kier alpha value is -1.84. The van der Waals surface area contributed by atoms with Crippen molar-refractivity contribution < 1.29 is 9.53 Å². The molecule has 1 atom stereocenters. The smallest absolute Gasteiger partial charge is 0.338 e. The quantitative estimate of drug-likeness (QED) is 0.813. The average molecular weight is 320 g/mol. The molecule has 0 aliphatic heterocycles. The van der Waals surface area contributed by atoms with Gasteiger partial charge in [0.25, 0.3) is 0 Å². The molecule has 0 fully saturated rings. The molecule has 1 N–H and O–H groups in total. The average Bonchev–Trinajstić information content (AvgIpc) is 2.54. The van der Waals surface area contributed by atoms with Gasteiger partial charge in [-0.25, -0.2) is 4.79 Å². The zero-order valence-electron chi connectivity index (χ0n) is 12.9. The maximum Gasteiger partial charge on any atom is 0.338 e. The predicted molar refractivity (Wildman–Crippen MR) is 91.3 cm³/mol. The van der Waals surface area contributed by atoms with Crippen molar-refractivity contribution >= 4 is 18.4 Å². The second-order valence-electron chi connectivity index (χ2n) is 4.89. The van der Waals surface area contributed by atoms with Gasteiger partial charge in [0.1, 0.15) is 0 Å². The molecule has 0 spiro atoms. The van der Waals surface area contributed by atoms with E-state index in [4.69, 9.17) is 4.74 Å². The van der Waals surface area contributed by atoms with E-state index in [9.17, 15) is 4.79 Å². The SMILES string of the molecule is CCOC(=O)c1ccccc1CN[C@@H](C)c1ccccc1.Cl. The zero-order valence-corrected chi connectivity index (χ0v) is 13.7. The molecule has 0 unspecified atom stereocenters. The summed E-state index contributed by atoms with van der Waals surface area (Å²) in [4.78, 5) is 11.9. The molecule has 118 valence electrons. The van der Waals surface area contributed by atoms with Crippen LogP contribution in [0.1, 0.15) is 41.4 Å². The summed E-state index contributed by atoms with van der Waals surface area (Å²) in [5.74, 6) is -0.262. The van der Waals surface area contributed by atoms with Crippen molar-refractivity contribution in [1.29, 1.82) is 0 Å². The number of hydrogen-bond acceptors (Lipinski definition) is 3. The first kappa shape index (κ1) is 18.2. The fourth-order valence-corrected chi connectivity index (χ4v) is 2.21. The Bertz CT molecular complexity index is 587. The maximum atomic E-state index is 11.9. The summed E-state index contributed by atoms with van der Waals surface area (Å²) in [6.45, 7) is 4.95. The minimum atomic E-state index is -0.262. The Morgan fingerprint density at radius 2 is 1.73 bits per heavy atom. The molecule has 0 radical (unpaired) electrons. The van der Waals surface area contributed by atoms with Gasteiger partial charge in [0.15, 0.2) is 0 Å². The molecule has 0 amide bonds. The molecule has 0 aromatic heterocycles. The number of rotatable bonds is 6. The highest BCUT2D eigenvalue weighted by molar-refractivity contribution is 5.91. The van der Waals surface area contributed by atoms with Crippen LogP contribution in [-0.2, 0) is 11.3 Å². The van der Waals surface area contributed by atoms with Crippen LogP contribution in [0.15, 0.2) is 54.6 Å². The van der Waals surface area contributed by atoms with Crippen LogP contribution in [0.2, 0.25) is 0 Å². The summed E-state index contributed by atoms with van der Waals surface area (Å²) in [7, 11) is 0. The molecule has 0 aliphatic carbocycles. The first-order valence-corrected chi connectivity index (χ1v) is 7.25. The lowest BCUT2D eigenvalue weighted by atomic mass is 10.1. The van der Waals surface area contributed by atoms with E-state index in [0.29, 0.717) is 18.7 Å². The second kappa shape index (κ2) is 9.23. The molecular formula is C18H22ClNO2. The molecule has 0 saturated heterocycles.